The van der Waals surface area contributed by atoms with Crippen molar-refractivity contribution in [3.8, 4) is 0 Å². The average molecular weight is 188 g/mol. The first-order chi connectivity index (χ1) is 6.77. The standard InChI is InChI=1S/C11H10NO2/c1-12-11(14)10(8-13)7-9-5-3-2-4-6-9/h2-7H,1H3,(H,12,14). The minimum atomic E-state index is -0.427. The number of carbonyl (C=O) groups excluding carboxylic acids is 2. The lowest BCUT2D eigenvalue weighted by molar-refractivity contribution is -0.116. The van der Waals surface area contributed by atoms with Gasteiger partial charge in [0.25, 0.3) is 5.91 Å². The first-order valence-corrected chi connectivity index (χ1v) is 4.15. The fourth-order valence-electron chi connectivity index (χ4n) is 0.992. The smallest absolute Gasteiger partial charge is 0.255 e. The molecule has 0 heterocycles. The van der Waals surface area contributed by atoms with E-state index in [4.69, 9.17) is 0 Å². The van der Waals surface area contributed by atoms with Crippen molar-refractivity contribution in [3.63, 3.8) is 0 Å². The van der Waals surface area contributed by atoms with Gasteiger partial charge < -0.3 is 5.32 Å². The molecule has 1 radical (unpaired) electrons. The van der Waals surface area contributed by atoms with Crippen molar-refractivity contribution in [1.82, 2.24) is 5.32 Å². The molecule has 1 aromatic carbocycles. The Kier molecular flexibility index (Phi) is 3.61. The van der Waals surface area contributed by atoms with E-state index in [1.807, 2.05) is 18.2 Å². The normalized spacial score (nSPS) is 10.8. The van der Waals surface area contributed by atoms with Gasteiger partial charge >= 0.3 is 0 Å². The molecule has 1 N–H and O–H groups in total. The highest BCUT2D eigenvalue weighted by molar-refractivity contribution is 6.14. The quantitative estimate of drug-likeness (QED) is 0.435. The molecule has 3 nitrogen and oxygen atoms in total. The van der Waals surface area contributed by atoms with Gasteiger partial charge in [0.1, 0.15) is 0 Å². The van der Waals surface area contributed by atoms with E-state index >= 15 is 0 Å². The van der Waals surface area contributed by atoms with Gasteiger partial charge in [-0.15, -0.1) is 0 Å². The molecule has 0 bridgehead atoms. The van der Waals surface area contributed by atoms with Crippen molar-refractivity contribution < 1.29 is 9.59 Å². The van der Waals surface area contributed by atoms with Crippen LogP contribution in [0.2, 0.25) is 0 Å². The van der Waals surface area contributed by atoms with Gasteiger partial charge in [-0.2, -0.15) is 0 Å². The van der Waals surface area contributed by atoms with E-state index < -0.39 is 5.91 Å². The number of nitrogens with one attached hydrogen (secondary N) is 1. The molecule has 0 saturated carbocycles. The van der Waals surface area contributed by atoms with Crippen LogP contribution in [0.25, 0.3) is 6.08 Å². The Labute approximate surface area is 82.4 Å². The lowest BCUT2D eigenvalue weighted by Gasteiger charge is -1.97. The van der Waals surface area contributed by atoms with Crippen LogP contribution < -0.4 is 5.32 Å². The topological polar surface area (TPSA) is 46.2 Å². The Morgan fingerprint density at radius 2 is 2.00 bits per heavy atom. The largest absolute Gasteiger partial charge is 0.355 e. The predicted octanol–water partition coefficient (Wildman–Crippen LogP) is 0.926. The Hall–Kier alpha value is -1.90. The summed E-state index contributed by atoms with van der Waals surface area (Å²) in [5, 5.41) is 2.37. The molecule has 0 unspecified atom stereocenters. The van der Waals surface area contributed by atoms with E-state index in [-0.39, 0.29) is 5.57 Å². The van der Waals surface area contributed by atoms with Gasteiger partial charge in [0.05, 0.1) is 5.57 Å². The van der Waals surface area contributed by atoms with Crippen molar-refractivity contribution in [2.24, 2.45) is 0 Å². The maximum Gasteiger partial charge on any atom is 0.255 e. The number of carbonyl (C=O) groups is 1. The third-order valence-corrected chi connectivity index (χ3v) is 1.69. The second-order valence-electron chi connectivity index (χ2n) is 2.65. The molecule has 0 aliphatic heterocycles. The van der Waals surface area contributed by atoms with E-state index in [2.05, 4.69) is 5.32 Å². The summed E-state index contributed by atoms with van der Waals surface area (Å²) in [7, 11) is 1.47. The van der Waals surface area contributed by atoms with Crippen molar-refractivity contribution in [1.29, 1.82) is 0 Å². The summed E-state index contributed by atoms with van der Waals surface area (Å²) in [6.07, 6.45) is 3.09. The number of amides is 1. The number of rotatable bonds is 3. The van der Waals surface area contributed by atoms with Crippen molar-refractivity contribution in [2.75, 3.05) is 7.05 Å². The van der Waals surface area contributed by atoms with Crippen LogP contribution in [0.1, 0.15) is 5.56 Å². The van der Waals surface area contributed by atoms with Crippen molar-refractivity contribution in [3.05, 3.63) is 41.5 Å². The zero-order valence-corrected chi connectivity index (χ0v) is 7.78. The SMILES string of the molecule is CNC(=O)C([C]=O)=Cc1ccccc1. The Bertz CT molecular complexity index is 355. The summed E-state index contributed by atoms with van der Waals surface area (Å²) in [5.74, 6) is -0.427. The van der Waals surface area contributed by atoms with E-state index in [1.165, 1.54) is 13.1 Å². The van der Waals surface area contributed by atoms with Crippen LogP contribution in [0, 0.1) is 0 Å². The molecule has 14 heavy (non-hydrogen) atoms. The van der Waals surface area contributed by atoms with Gasteiger partial charge in [0, 0.05) is 7.05 Å². The molecule has 1 amide bonds. The average Bonchev–Trinajstić information content (AvgIpc) is 2.26. The minimum Gasteiger partial charge on any atom is -0.355 e. The molecule has 0 aliphatic rings. The molecule has 0 atom stereocenters. The number of likely N-dealkylation sites (N-methyl/N-ethyl adjacent to an activating group) is 1. The summed E-state index contributed by atoms with van der Waals surface area (Å²) in [4.78, 5) is 21.6. The summed E-state index contributed by atoms with van der Waals surface area (Å²) in [6, 6.07) is 9.14. The first kappa shape index (κ1) is 10.2. The maximum absolute atomic E-state index is 11.1. The Morgan fingerprint density at radius 3 is 2.50 bits per heavy atom. The van der Waals surface area contributed by atoms with Crippen LogP contribution in [0.15, 0.2) is 35.9 Å². The zero-order valence-electron chi connectivity index (χ0n) is 7.78. The van der Waals surface area contributed by atoms with Gasteiger partial charge in [0.15, 0.2) is 0 Å². The molecule has 1 aromatic rings. The van der Waals surface area contributed by atoms with Crippen LogP contribution >= 0.6 is 0 Å². The molecule has 0 aliphatic carbocycles. The van der Waals surface area contributed by atoms with Crippen LogP contribution in [-0.4, -0.2) is 19.2 Å². The van der Waals surface area contributed by atoms with Gasteiger partial charge in [-0.25, -0.2) is 0 Å². The van der Waals surface area contributed by atoms with E-state index in [9.17, 15) is 9.59 Å². The number of benzene rings is 1. The molecular formula is C11H10NO2. The molecule has 1 rings (SSSR count). The van der Waals surface area contributed by atoms with Crippen molar-refractivity contribution >= 4 is 18.3 Å². The third kappa shape index (κ3) is 2.55. The van der Waals surface area contributed by atoms with Crippen LogP contribution in [-0.2, 0) is 9.59 Å². The highest BCUT2D eigenvalue weighted by atomic mass is 16.2. The molecule has 71 valence electrons. The molecular weight excluding hydrogens is 178 g/mol. The predicted molar refractivity (Wildman–Crippen MR) is 54.2 cm³/mol. The van der Waals surface area contributed by atoms with Crippen LogP contribution in [0.4, 0.5) is 0 Å². The van der Waals surface area contributed by atoms with Gasteiger partial charge in [-0.1, -0.05) is 30.3 Å². The summed E-state index contributed by atoms with van der Waals surface area (Å²) in [5.41, 5.74) is 0.799. The summed E-state index contributed by atoms with van der Waals surface area (Å²) >= 11 is 0. The minimum absolute atomic E-state index is 0.00120. The molecule has 0 aromatic heterocycles. The molecule has 0 fully saturated rings. The highest BCUT2D eigenvalue weighted by Gasteiger charge is 2.06. The highest BCUT2D eigenvalue weighted by Crippen LogP contribution is 2.04. The second-order valence-corrected chi connectivity index (χ2v) is 2.65. The van der Waals surface area contributed by atoms with Gasteiger partial charge in [-0.3, -0.25) is 9.59 Å². The summed E-state index contributed by atoms with van der Waals surface area (Å²) < 4.78 is 0. The van der Waals surface area contributed by atoms with E-state index in [0.717, 1.165) is 5.56 Å². The van der Waals surface area contributed by atoms with Crippen LogP contribution in [0.3, 0.4) is 0 Å². The maximum atomic E-state index is 11.1. The van der Waals surface area contributed by atoms with Gasteiger partial charge in [0.2, 0.25) is 6.29 Å². The monoisotopic (exact) mass is 188 g/mol. The van der Waals surface area contributed by atoms with Gasteiger partial charge in [-0.05, 0) is 11.6 Å². The number of hydrogen-bond acceptors (Lipinski definition) is 2. The Balaban J connectivity index is 2.95. The van der Waals surface area contributed by atoms with E-state index in [1.54, 1.807) is 18.4 Å². The molecule has 0 spiro atoms. The van der Waals surface area contributed by atoms with E-state index in [0.29, 0.717) is 0 Å². The molecule has 3 heteroatoms. The summed E-state index contributed by atoms with van der Waals surface area (Å²) in [6.45, 7) is 0. The lowest BCUT2D eigenvalue weighted by Crippen LogP contribution is -2.20. The fraction of sp³-hybridized carbons (Fsp3) is 0.0909. The second kappa shape index (κ2) is 4.97. The van der Waals surface area contributed by atoms with Crippen molar-refractivity contribution in [2.45, 2.75) is 0 Å². The third-order valence-electron chi connectivity index (χ3n) is 1.69. The van der Waals surface area contributed by atoms with Crippen LogP contribution in [0.5, 0.6) is 0 Å². The first-order valence-electron chi connectivity index (χ1n) is 4.15. The fourth-order valence-corrected chi connectivity index (χ4v) is 0.992. The molecule has 0 saturated heterocycles. The number of hydrogen-bond donors (Lipinski definition) is 1. The lowest BCUT2D eigenvalue weighted by atomic mass is 10.1. The Morgan fingerprint density at radius 1 is 1.36 bits per heavy atom. The zero-order chi connectivity index (χ0) is 10.4.